The third-order valence-corrected chi connectivity index (χ3v) is 3.69. The molecule has 5 heteroatoms. The van der Waals surface area contributed by atoms with E-state index in [0.717, 1.165) is 0 Å². The molecule has 0 saturated heterocycles. The summed E-state index contributed by atoms with van der Waals surface area (Å²) in [5.74, 6) is -0.260. The third kappa shape index (κ3) is 2.10. The first kappa shape index (κ1) is 12.9. The Bertz CT molecular complexity index is 856. The SMILES string of the molecule is O=c1c2ccc(O)cc2c(Br)cn1-c1ccc(F)cc1. The van der Waals surface area contributed by atoms with Crippen LogP contribution in [0.25, 0.3) is 16.5 Å². The lowest BCUT2D eigenvalue weighted by Crippen LogP contribution is -2.18. The van der Waals surface area contributed by atoms with Crippen LogP contribution in [0.5, 0.6) is 5.75 Å². The van der Waals surface area contributed by atoms with Crippen LogP contribution in [0.3, 0.4) is 0 Å². The Kier molecular flexibility index (Phi) is 3.06. The Balaban J connectivity index is 2.33. The van der Waals surface area contributed by atoms with E-state index in [2.05, 4.69) is 15.9 Å². The van der Waals surface area contributed by atoms with Gasteiger partial charge in [0.15, 0.2) is 0 Å². The standard InChI is InChI=1S/C15H9BrFNO2/c16-14-8-18(10-3-1-9(17)2-4-10)15(20)12-6-5-11(19)7-13(12)14/h1-8,19H. The van der Waals surface area contributed by atoms with Crippen molar-refractivity contribution in [2.75, 3.05) is 0 Å². The summed E-state index contributed by atoms with van der Waals surface area (Å²) >= 11 is 3.38. The van der Waals surface area contributed by atoms with E-state index in [4.69, 9.17) is 0 Å². The molecule has 1 aromatic heterocycles. The van der Waals surface area contributed by atoms with Gasteiger partial charge in [-0.3, -0.25) is 9.36 Å². The predicted octanol–water partition coefficient (Wildman–Crippen LogP) is 3.60. The number of benzene rings is 2. The molecule has 100 valence electrons. The van der Waals surface area contributed by atoms with Gasteiger partial charge in [0, 0.05) is 27.1 Å². The molecular weight excluding hydrogens is 325 g/mol. The van der Waals surface area contributed by atoms with E-state index in [9.17, 15) is 14.3 Å². The fourth-order valence-electron chi connectivity index (χ4n) is 2.08. The van der Waals surface area contributed by atoms with Gasteiger partial charge in [-0.05, 0) is 58.4 Å². The van der Waals surface area contributed by atoms with Crippen LogP contribution in [0.1, 0.15) is 0 Å². The Labute approximate surface area is 122 Å². The number of aromatic nitrogens is 1. The first-order valence-electron chi connectivity index (χ1n) is 5.86. The summed E-state index contributed by atoms with van der Waals surface area (Å²) in [6.45, 7) is 0. The van der Waals surface area contributed by atoms with Crippen LogP contribution in [-0.4, -0.2) is 9.67 Å². The van der Waals surface area contributed by atoms with Crippen molar-refractivity contribution in [1.82, 2.24) is 4.57 Å². The molecule has 20 heavy (non-hydrogen) atoms. The van der Waals surface area contributed by atoms with Crippen molar-refractivity contribution in [3.8, 4) is 11.4 Å². The molecule has 0 aliphatic rings. The molecule has 0 aliphatic heterocycles. The fraction of sp³-hybridized carbons (Fsp3) is 0. The molecule has 0 spiro atoms. The van der Waals surface area contributed by atoms with Crippen molar-refractivity contribution in [1.29, 1.82) is 0 Å². The molecule has 0 saturated carbocycles. The number of fused-ring (bicyclic) bond motifs is 1. The first-order chi connectivity index (χ1) is 9.56. The van der Waals surface area contributed by atoms with Gasteiger partial charge in [0.05, 0.1) is 0 Å². The van der Waals surface area contributed by atoms with Crippen molar-refractivity contribution in [3.05, 3.63) is 69.3 Å². The zero-order chi connectivity index (χ0) is 14.3. The smallest absolute Gasteiger partial charge is 0.263 e. The van der Waals surface area contributed by atoms with Gasteiger partial charge < -0.3 is 5.11 Å². The van der Waals surface area contributed by atoms with Crippen LogP contribution in [0.4, 0.5) is 4.39 Å². The van der Waals surface area contributed by atoms with Crippen molar-refractivity contribution in [3.63, 3.8) is 0 Å². The van der Waals surface area contributed by atoms with Crippen molar-refractivity contribution >= 4 is 26.7 Å². The fourth-order valence-corrected chi connectivity index (χ4v) is 2.61. The Morgan fingerprint density at radius 3 is 2.45 bits per heavy atom. The summed E-state index contributed by atoms with van der Waals surface area (Å²) in [4.78, 5) is 12.4. The van der Waals surface area contributed by atoms with E-state index in [0.29, 0.717) is 20.9 Å². The van der Waals surface area contributed by atoms with Crippen LogP contribution in [0, 0.1) is 5.82 Å². The molecule has 3 nitrogen and oxygen atoms in total. The minimum Gasteiger partial charge on any atom is -0.508 e. The van der Waals surface area contributed by atoms with Crippen molar-refractivity contribution in [2.24, 2.45) is 0 Å². The molecule has 0 amide bonds. The van der Waals surface area contributed by atoms with E-state index in [1.165, 1.54) is 41.0 Å². The van der Waals surface area contributed by atoms with E-state index in [1.54, 1.807) is 12.3 Å². The summed E-state index contributed by atoms with van der Waals surface area (Å²) in [6, 6.07) is 10.2. The number of phenols is 1. The van der Waals surface area contributed by atoms with Crippen LogP contribution >= 0.6 is 15.9 Å². The average Bonchev–Trinajstić information content (AvgIpc) is 2.44. The Morgan fingerprint density at radius 1 is 1.05 bits per heavy atom. The lowest BCUT2D eigenvalue weighted by Gasteiger charge is -2.09. The largest absolute Gasteiger partial charge is 0.508 e. The predicted molar refractivity (Wildman–Crippen MR) is 78.9 cm³/mol. The molecule has 2 aromatic carbocycles. The molecule has 0 bridgehead atoms. The number of halogens is 2. The van der Waals surface area contributed by atoms with Crippen molar-refractivity contribution in [2.45, 2.75) is 0 Å². The molecule has 1 heterocycles. The minimum atomic E-state index is -0.355. The third-order valence-electron chi connectivity index (χ3n) is 3.06. The number of phenolic OH excluding ortho intramolecular Hbond substituents is 1. The normalized spacial score (nSPS) is 10.9. The second-order valence-corrected chi connectivity index (χ2v) is 5.21. The van der Waals surface area contributed by atoms with Crippen LogP contribution < -0.4 is 5.56 Å². The van der Waals surface area contributed by atoms with E-state index in [1.807, 2.05) is 0 Å². The zero-order valence-corrected chi connectivity index (χ0v) is 11.8. The van der Waals surface area contributed by atoms with Crippen LogP contribution in [0.2, 0.25) is 0 Å². The highest BCUT2D eigenvalue weighted by Crippen LogP contribution is 2.25. The maximum absolute atomic E-state index is 13.0. The van der Waals surface area contributed by atoms with Crippen LogP contribution in [0.15, 0.2) is 57.9 Å². The topological polar surface area (TPSA) is 42.2 Å². The molecular formula is C15H9BrFNO2. The van der Waals surface area contributed by atoms with Gasteiger partial charge in [-0.25, -0.2) is 4.39 Å². The highest BCUT2D eigenvalue weighted by atomic mass is 79.9. The lowest BCUT2D eigenvalue weighted by molar-refractivity contribution is 0.476. The Hall–Kier alpha value is -2.14. The quantitative estimate of drug-likeness (QED) is 0.739. The molecule has 0 fully saturated rings. The average molecular weight is 334 g/mol. The lowest BCUT2D eigenvalue weighted by atomic mass is 10.1. The zero-order valence-electron chi connectivity index (χ0n) is 10.2. The van der Waals surface area contributed by atoms with Gasteiger partial charge in [-0.15, -0.1) is 0 Å². The highest BCUT2D eigenvalue weighted by molar-refractivity contribution is 9.10. The number of hydrogen-bond acceptors (Lipinski definition) is 2. The summed E-state index contributed by atoms with van der Waals surface area (Å²) in [7, 11) is 0. The highest BCUT2D eigenvalue weighted by Gasteiger charge is 2.09. The number of hydrogen-bond donors (Lipinski definition) is 1. The maximum atomic E-state index is 13.0. The molecule has 3 aromatic rings. The molecule has 1 N–H and O–H groups in total. The van der Waals surface area contributed by atoms with Gasteiger partial charge in [-0.1, -0.05) is 0 Å². The second-order valence-electron chi connectivity index (χ2n) is 4.36. The van der Waals surface area contributed by atoms with E-state index >= 15 is 0 Å². The molecule has 0 unspecified atom stereocenters. The maximum Gasteiger partial charge on any atom is 0.263 e. The Morgan fingerprint density at radius 2 is 1.75 bits per heavy atom. The van der Waals surface area contributed by atoms with Crippen molar-refractivity contribution < 1.29 is 9.50 Å². The second kappa shape index (κ2) is 4.76. The number of rotatable bonds is 1. The monoisotopic (exact) mass is 333 g/mol. The molecule has 3 rings (SSSR count). The molecule has 0 aliphatic carbocycles. The summed E-state index contributed by atoms with van der Waals surface area (Å²) in [5.41, 5.74) is 0.349. The number of aromatic hydroxyl groups is 1. The summed E-state index contributed by atoms with van der Waals surface area (Å²) in [6.07, 6.45) is 1.61. The molecule has 0 radical (unpaired) electrons. The summed E-state index contributed by atoms with van der Waals surface area (Å²) < 4.78 is 15.1. The first-order valence-corrected chi connectivity index (χ1v) is 6.65. The number of pyridine rings is 1. The van der Waals surface area contributed by atoms with Gasteiger partial charge in [0.25, 0.3) is 5.56 Å². The number of nitrogens with zero attached hydrogens (tertiary/aromatic N) is 1. The van der Waals surface area contributed by atoms with Gasteiger partial charge in [-0.2, -0.15) is 0 Å². The molecule has 0 atom stereocenters. The van der Waals surface area contributed by atoms with Crippen LogP contribution in [-0.2, 0) is 0 Å². The van der Waals surface area contributed by atoms with E-state index < -0.39 is 0 Å². The minimum absolute atomic E-state index is 0.0946. The van der Waals surface area contributed by atoms with Gasteiger partial charge in [0.1, 0.15) is 11.6 Å². The van der Waals surface area contributed by atoms with E-state index in [-0.39, 0.29) is 17.1 Å². The van der Waals surface area contributed by atoms with Gasteiger partial charge >= 0.3 is 0 Å². The summed E-state index contributed by atoms with van der Waals surface area (Å²) in [5, 5.41) is 10.6. The van der Waals surface area contributed by atoms with Gasteiger partial charge in [0.2, 0.25) is 0 Å².